The van der Waals surface area contributed by atoms with Gasteiger partial charge in [0.25, 0.3) is 0 Å². The van der Waals surface area contributed by atoms with Crippen LogP contribution >= 0.6 is 0 Å². The van der Waals surface area contributed by atoms with Crippen molar-refractivity contribution in [3.8, 4) is 0 Å². The van der Waals surface area contributed by atoms with Gasteiger partial charge in [0.15, 0.2) is 9.84 Å². The number of aromatic nitrogens is 1. The zero-order valence-electron chi connectivity index (χ0n) is 11.2. The standard InChI is InChI=1S/C13H19N3O3S/c17-13(9-12-10-20(18,19)8-7-15-12)16-6-4-11-3-1-2-5-14-11/h1-3,5,12,15H,4,6-10H2,(H,16,17). The molecule has 1 aliphatic rings. The van der Waals surface area contributed by atoms with Crippen LogP contribution in [0.25, 0.3) is 0 Å². The smallest absolute Gasteiger partial charge is 0.221 e. The van der Waals surface area contributed by atoms with E-state index in [2.05, 4.69) is 15.6 Å². The normalized spacial score (nSPS) is 21.3. The van der Waals surface area contributed by atoms with Crippen LogP contribution in [-0.4, -0.2) is 49.9 Å². The van der Waals surface area contributed by atoms with Crippen LogP contribution in [0.2, 0.25) is 0 Å². The highest BCUT2D eigenvalue weighted by Gasteiger charge is 2.25. The van der Waals surface area contributed by atoms with Crippen LogP contribution in [0.3, 0.4) is 0 Å². The molecule has 110 valence electrons. The molecule has 2 rings (SSSR count). The third-order valence-electron chi connectivity index (χ3n) is 3.16. The van der Waals surface area contributed by atoms with Gasteiger partial charge >= 0.3 is 0 Å². The molecule has 0 aliphatic carbocycles. The molecule has 0 bridgehead atoms. The molecule has 0 radical (unpaired) electrons. The summed E-state index contributed by atoms with van der Waals surface area (Å²) in [5.41, 5.74) is 0.922. The van der Waals surface area contributed by atoms with E-state index in [4.69, 9.17) is 0 Å². The fraction of sp³-hybridized carbons (Fsp3) is 0.538. The van der Waals surface area contributed by atoms with E-state index in [1.165, 1.54) is 0 Å². The number of rotatable bonds is 5. The Kier molecular flexibility index (Phi) is 5.08. The summed E-state index contributed by atoms with van der Waals surface area (Å²) in [7, 11) is -2.99. The zero-order chi connectivity index (χ0) is 14.4. The minimum absolute atomic E-state index is 0.0423. The van der Waals surface area contributed by atoms with Crippen LogP contribution < -0.4 is 10.6 Å². The summed E-state index contributed by atoms with van der Waals surface area (Å²) in [4.78, 5) is 15.9. The summed E-state index contributed by atoms with van der Waals surface area (Å²) in [5.74, 6) is 0.0707. The van der Waals surface area contributed by atoms with E-state index in [0.29, 0.717) is 19.5 Å². The molecule has 1 aromatic heterocycles. The molecular formula is C13H19N3O3S. The maximum Gasteiger partial charge on any atom is 0.221 e. The van der Waals surface area contributed by atoms with E-state index in [1.54, 1.807) is 6.20 Å². The van der Waals surface area contributed by atoms with Gasteiger partial charge in [0, 0.05) is 43.9 Å². The van der Waals surface area contributed by atoms with E-state index >= 15 is 0 Å². The Labute approximate surface area is 118 Å². The third kappa shape index (κ3) is 4.90. The summed E-state index contributed by atoms with van der Waals surface area (Å²) in [6.07, 6.45) is 2.58. The number of nitrogens with zero attached hydrogens (tertiary/aromatic N) is 1. The average molecular weight is 297 g/mol. The highest BCUT2D eigenvalue weighted by Crippen LogP contribution is 2.04. The van der Waals surface area contributed by atoms with Crippen molar-refractivity contribution in [2.45, 2.75) is 18.9 Å². The minimum atomic E-state index is -2.99. The lowest BCUT2D eigenvalue weighted by Gasteiger charge is -2.23. The van der Waals surface area contributed by atoms with Gasteiger partial charge in [-0.3, -0.25) is 9.78 Å². The Hall–Kier alpha value is -1.47. The van der Waals surface area contributed by atoms with Gasteiger partial charge in [0.2, 0.25) is 5.91 Å². The molecule has 1 unspecified atom stereocenters. The predicted molar refractivity (Wildman–Crippen MR) is 76.0 cm³/mol. The Balaban J connectivity index is 1.70. The summed E-state index contributed by atoms with van der Waals surface area (Å²) in [6, 6.07) is 5.38. The van der Waals surface area contributed by atoms with Crippen molar-refractivity contribution in [1.29, 1.82) is 0 Å². The molecule has 2 heterocycles. The second-order valence-electron chi connectivity index (χ2n) is 4.89. The SMILES string of the molecule is O=C(CC1CS(=O)(=O)CCN1)NCCc1ccccn1. The van der Waals surface area contributed by atoms with Gasteiger partial charge in [-0.05, 0) is 12.1 Å². The van der Waals surface area contributed by atoms with Crippen LogP contribution in [0.4, 0.5) is 0 Å². The summed E-state index contributed by atoms with van der Waals surface area (Å²) in [5, 5.41) is 5.85. The maximum absolute atomic E-state index is 11.7. The quantitative estimate of drug-likeness (QED) is 0.766. The monoisotopic (exact) mass is 297 g/mol. The molecule has 6 nitrogen and oxygen atoms in total. The molecule has 0 spiro atoms. The van der Waals surface area contributed by atoms with Gasteiger partial charge in [0.05, 0.1) is 11.5 Å². The Morgan fingerprint density at radius 3 is 3.00 bits per heavy atom. The Bertz CT molecular complexity index is 545. The highest BCUT2D eigenvalue weighted by atomic mass is 32.2. The predicted octanol–water partition coefficient (Wildman–Crippen LogP) is -0.483. The van der Waals surface area contributed by atoms with E-state index in [-0.39, 0.29) is 29.9 Å². The molecule has 0 aromatic carbocycles. The van der Waals surface area contributed by atoms with Gasteiger partial charge < -0.3 is 10.6 Å². The summed E-state index contributed by atoms with van der Waals surface area (Å²) in [6.45, 7) is 0.934. The zero-order valence-corrected chi connectivity index (χ0v) is 12.0. The van der Waals surface area contributed by atoms with Gasteiger partial charge in [-0.1, -0.05) is 6.07 Å². The summed E-state index contributed by atoms with van der Waals surface area (Å²) >= 11 is 0. The lowest BCUT2D eigenvalue weighted by Crippen LogP contribution is -2.47. The average Bonchev–Trinajstić information content (AvgIpc) is 2.38. The third-order valence-corrected chi connectivity index (χ3v) is 4.90. The van der Waals surface area contributed by atoms with E-state index in [1.807, 2.05) is 18.2 Å². The molecule has 1 atom stereocenters. The van der Waals surface area contributed by atoms with Gasteiger partial charge in [0.1, 0.15) is 0 Å². The van der Waals surface area contributed by atoms with E-state index in [9.17, 15) is 13.2 Å². The maximum atomic E-state index is 11.7. The van der Waals surface area contributed by atoms with Crippen molar-refractivity contribution >= 4 is 15.7 Å². The Morgan fingerprint density at radius 1 is 1.45 bits per heavy atom. The van der Waals surface area contributed by atoms with Crippen molar-refractivity contribution < 1.29 is 13.2 Å². The topological polar surface area (TPSA) is 88.2 Å². The van der Waals surface area contributed by atoms with Crippen LogP contribution in [0.1, 0.15) is 12.1 Å². The number of carbonyl (C=O) groups excluding carboxylic acids is 1. The van der Waals surface area contributed by atoms with E-state index < -0.39 is 9.84 Å². The highest BCUT2D eigenvalue weighted by molar-refractivity contribution is 7.91. The summed E-state index contributed by atoms with van der Waals surface area (Å²) < 4.78 is 22.9. The molecular weight excluding hydrogens is 278 g/mol. The molecule has 1 amide bonds. The first-order chi connectivity index (χ1) is 9.55. The number of hydrogen-bond acceptors (Lipinski definition) is 5. The van der Waals surface area contributed by atoms with Gasteiger partial charge in [-0.25, -0.2) is 8.42 Å². The molecule has 1 fully saturated rings. The van der Waals surface area contributed by atoms with Crippen molar-refractivity contribution in [2.24, 2.45) is 0 Å². The molecule has 7 heteroatoms. The second-order valence-corrected chi connectivity index (χ2v) is 7.12. The van der Waals surface area contributed by atoms with Crippen LogP contribution in [0.15, 0.2) is 24.4 Å². The fourth-order valence-electron chi connectivity index (χ4n) is 2.17. The minimum Gasteiger partial charge on any atom is -0.356 e. The van der Waals surface area contributed by atoms with Gasteiger partial charge in [-0.2, -0.15) is 0 Å². The lowest BCUT2D eigenvalue weighted by molar-refractivity contribution is -0.121. The Morgan fingerprint density at radius 2 is 2.30 bits per heavy atom. The first-order valence-corrected chi connectivity index (χ1v) is 8.48. The molecule has 1 aromatic rings. The van der Waals surface area contributed by atoms with Crippen LogP contribution in [0.5, 0.6) is 0 Å². The number of carbonyl (C=O) groups is 1. The van der Waals surface area contributed by atoms with Crippen molar-refractivity contribution in [3.05, 3.63) is 30.1 Å². The molecule has 2 N–H and O–H groups in total. The molecule has 20 heavy (non-hydrogen) atoms. The molecule has 1 aliphatic heterocycles. The number of amides is 1. The van der Waals surface area contributed by atoms with E-state index in [0.717, 1.165) is 5.69 Å². The van der Waals surface area contributed by atoms with Crippen LogP contribution in [0, 0.1) is 0 Å². The number of nitrogens with one attached hydrogen (secondary N) is 2. The first-order valence-electron chi connectivity index (χ1n) is 6.65. The van der Waals surface area contributed by atoms with Crippen molar-refractivity contribution in [1.82, 2.24) is 15.6 Å². The molecule has 1 saturated heterocycles. The number of hydrogen-bond donors (Lipinski definition) is 2. The molecule has 0 saturated carbocycles. The second kappa shape index (κ2) is 6.81. The largest absolute Gasteiger partial charge is 0.356 e. The van der Waals surface area contributed by atoms with Gasteiger partial charge in [-0.15, -0.1) is 0 Å². The van der Waals surface area contributed by atoms with Crippen molar-refractivity contribution in [2.75, 3.05) is 24.6 Å². The lowest BCUT2D eigenvalue weighted by atomic mass is 10.2. The number of pyridine rings is 1. The first kappa shape index (κ1) is 14.9. The number of sulfone groups is 1. The fourth-order valence-corrected chi connectivity index (χ4v) is 3.61. The van der Waals surface area contributed by atoms with Crippen LogP contribution in [-0.2, 0) is 21.1 Å². The van der Waals surface area contributed by atoms with Crippen molar-refractivity contribution in [3.63, 3.8) is 0 Å².